The highest BCUT2D eigenvalue weighted by Crippen LogP contribution is 2.24. The van der Waals surface area contributed by atoms with Gasteiger partial charge in [-0.2, -0.15) is 0 Å². The van der Waals surface area contributed by atoms with Gasteiger partial charge in [0.25, 0.3) is 0 Å². The summed E-state index contributed by atoms with van der Waals surface area (Å²) in [5, 5.41) is 0.608. The third-order valence-electron chi connectivity index (χ3n) is 2.93. The zero-order valence-electron chi connectivity index (χ0n) is 10.3. The summed E-state index contributed by atoms with van der Waals surface area (Å²) in [6, 6.07) is 6.95. The summed E-state index contributed by atoms with van der Waals surface area (Å²) in [6.45, 7) is -0.212. The second kappa shape index (κ2) is 5.80. The van der Waals surface area contributed by atoms with Crippen molar-refractivity contribution in [3.63, 3.8) is 0 Å². The molecular weight excluding hydrogens is 261 g/mol. The first kappa shape index (κ1) is 15.1. The van der Waals surface area contributed by atoms with E-state index >= 15 is 0 Å². The summed E-state index contributed by atoms with van der Waals surface area (Å²) in [5.74, 6) is 0. The molecule has 0 aromatic heterocycles. The number of nitrogens with zero attached hydrogens (tertiary/aromatic N) is 1. The van der Waals surface area contributed by atoms with Gasteiger partial charge in [0.05, 0.1) is 0 Å². The molecule has 6 heteroatoms. The highest BCUT2D eigenvalue weighted by molar-refractivity contribution is 6.66. The Morgan fingerprint density at radius 3 is 2.28 bits per heavy atom. The molecule has 0 aliphatic carbocycles. The molecule has 18 heavy (non-hydrogen) atoms. The lowest BCUT2D eigenvalue weighted by molar-refractivity contribution is 0.282. The van der Waals surface area contributed by atoms with Gasteiger partial charge in [0.15, 0.2) is 0 Å². The van der Waals surface area contributed by atoms with Crippen molar-refractivity contribution in [1.82, 2.24) is 4.90 Å². The highest BCUT2D eigenvalue weighted by atomic mass is 35.5. The van der Waals surface area contributed by atoms with Crippen molar-refractivity contribution in [2.75, 3.05) is 13.6 Å². The van der Waals surface area contributed by atoms with Crippen molar-refractivity contribution >= 4 is 18.6 Å². The standard InChI is InChI=1S/C12H15BClF3N/c1-9(13(15,16)17)8-18(3)10(2)11-4-6-12(14)7-5-11/h4-7,10H,1,8H2,2-3H3/q-1. The number of halogens is 4. The Labute approximate surface area is 110 Å². The molecule has 1 atom stereocenters. The largest absolute Gasteiger partial charge is 0.506 e. The molecule has 1 nitrogen and oxygen atoms in total. The quantitative estimate of drug-likeness (QED) is 0.726. The molecule has 0 aliphatic heterocycles. The molecular formula is C12H15BClF3N-. The molecule has 0 N–H and O–H groups in total. The Kier molecular flexibility index (Phi) is 4.88. The average molecular weight is 277 g/mol. The van der Waals surface area contributed by atoms with Crippen molar-refractivity contribution < 1.29 is 12.9 Å². The SMILES string of the molecule is C=C(CN(C)C(C)c1ccc(Cl)cc1)[B-](F)(F)F. The monoisotopic (exact) mass is 276 g/mol. The van der Waals surface area contributed by atoms with Crippen LogP contribution in [0.3, 0.4) is 0 Å². The molecule has 0 spiro atoms. The van der Waals surface area contributed by atoms with Gasteiger partial charge in [-0.3, -0.25) is 4.90 Å². The molecule has 0 bridgehead atoms. The van der Waals surface area contributed by atoms with Crippen LogP contribution in [0.2, 0.25) is 5.02 Å². The van der Waals surface area contributed by atoms with Gasteiger partial charge in [-0.15, -0.1) is 12.1 Å². The third kappa shape index (κ3) is 4.07. The lowest BCUT2D eigenvalue weighted by Gasteiger charge is -2.29. The molecule has 0 saturated carbocycles. The van der Waals surface area contributed by atoms with Crippen molar-refractivity contribution in [2.24, 2.45) is 0 Å². The highest BCUT2D eigenvalue weighted by Gasteiger charge is 2.28. The van der Waals surface area contributed by atoms with Gasteiger partial charge in [-0.1, -0.05) is 23.7 Å². The van der Waals surface area contributed by atoms with E-state index in [-0.39, 0.29) is 12.6 Å². The van der Waals surface area contributed by atoms with E-state index in [0.717, 1.165) is 5.56 Å². The maximum Gasteiger partial charge on any atom is 0.506 e. The number of hydrogen-bond donors (Lipinski definition) is 0. The fourth-order valence-corrected chi connectivity index (χ4v) is 1.68. The average Bonchev–Trinajstić information content (AvgIpc) is 2.27. The van der Waals surface area contributed by atoms with Gasteiger partial charge in [-0.05, 0) is 38.2 Å². The second-order valence-electron chi connectivity index (χ2n) is 4.38. The van der Waals surface area contributed by atoms with Gasteiger partial charge in [0.2, 0.25) is 0 Å². The number of likely N-dealkylation sites (N-methyl/N-ethyl adjacent to an activating group) is 1. The van der Waals surface area contributed by atoms with Gasteiger partial charge in [0, 0.05) is 11.1 Å². The van der Waals surface area contributed by atoms with Crippen LogP contribution >= 0.6 is 11.6 Å². The van der Waals surface area contributed by atoms with E-state index in [1.807, 2.05) is 19.1 Å². The number of hydrogen-bond acceptors (Lipinski definition) is 1. The number of rotatable bonds is 5. The minimum atomic E-state index is -4.97. The van der Waals surface area contributed by atoms with Crippen LogP contribution in [0.4, 0.5) is 12.9 Å². The van der Waals surface area contributed by atoms with Gasteiger partial charge >= 0.3 is 6.98 Å². The summed E-state index contributed by atoms with van der Waals surface area (Å²) in [6.07, 6.45) is 0. The van der Waals surface area contributed by atoms with Crippen molar-refractivity contribution in [3.05, 3.63) is 46.9 Å². The van der Waals surface area contributed by atoms with E-state index in [4.69, 9.17) is 11.6 Å². The fourth-order valence-electron chi connectivity index (χ4n) is 1.56. The Morgan fingerprint density at radius 2 is 1.83 bits per heavy atom. The van der Waals surface area contributed by atoms with E-state index in [1.165, 1.54) is 0 Å². The van der Waals surface area contributed by atoms with Crippen LogP contribution in [-0.2, 0) is 0 Å². The van der Waals surface area contributed by atoms with Crippen LogP contribution < -0.4 is 0 Å². The normalized spacial score (nSPS) is 13.7. The fraction of sp³-hybridized carbons (Fsp3) is 0.333. The molecule has 1 unspecified atom stereocenters. The molecule has 0 heterocycles. The molecule has 0 saturated heterocycles. The molecule has 0 amide bonds. The van der Waals surface area contributed by atoms with Gasteiger partial charge in [0.1, 0.15) is 0 Å². The predicted octanol–water partition coefficient (Wildman–Crippen LogP) is 4.28. The molecule has 0 aliphatic rings. The van der Waals surface area contributed by atoms with E-state index in [0.29, 0.717) is 5.02 Å². The summed E-state index contributed by atoms with van der Waals surface area (Å²) in [7, 11) is 1.65. The number of benzene rings is 1. The van der Waals surface area contributed by atoms with E-state index in [1.54, 1.807) is 24.1 Å². The molecule has 0 fully saturated rings. The second-order valence-corrected chi connectivity index (χ2v) is 4.81. The van der Waals surface area contributed by atoms with E-state index < -0.39 is 12.4 Å². The van der Waals surface area contributed by atoms with Crippen molar-refractivity contribution in [3.8, 4) is 0 Å². The lowest BCUT2D eigenvalue weighted by atomic mass is 9.80. The summed E-state index contributed by atoms with van der Waals surface area (Å²) in [4.78, 5) is 1.61. The smallest absolute Gasteiger partial charge is 0.445 e. The first-order valence-electron chi connectivity index (χ1n) is 5.55. The molecule has 100 valence electrons. The molecule has 0 radical (unpaired) electrons. The summed E-state index contributed by atoms with van der Waals surface area (Å²) >= 11 is 5.77. The zero-order chi connectivity index (χ0) is 13.9. The van der Waals surface area contributed by atoms with Crippen LogP contribution in [0.1, 0.15) is 18.5 Å². The van der Waals surface area contributed by atoms with Gasteiger partial charge < -0.3 is 12.9 Å². The summed E-state index contributed by atoms with van der Waals surface area (Å²) in [5.41, 5.74) is 0.239. The molecule has 1 aromatic carbocycles. The third-order valence-corrected chi connectivity index (χ3v) is 3.18. The van der Waals surface area contributed by atoms with Crippen LogP contribution in [0.5, 0.6) is 0 Å². The minimum absolute atomic E-state index is 0.128. The molecule has 1 rings (SSSR count). The van der Waals surface area contributed by atoms with Crippen molar-refractivity contribution in [2.45, 2.75) is 13.0 Å². The van der Waals surface area contributed by atoms with Gasteiger partial charge in [-0.25, -0.2) is 0 Å². The Bertz CT molecular complexity index is 416. The Morgan fingerprint density at radius 1 is 1.33 bits per heavy atom. The topological polar surface area (TPSA) is 3.24 Å². The van der Waals surface area contributed by atoms with Crippen LogP contribution in [0.15, 0.2) is 36.3 Å². The maximum atomic E-state index is 12.4. The molecule has 1 aromatic rings. The van der Waals surface area contributed by atoms with E-state index in [2.05, 4.69) is 6.58 Å². The Hall–Kier alpha value is -0.935. The predicted molar refractivity (Wildman–Crippen MR) is 70.7 cm³/mol. The first-order chi connectivity index (χ1) is 8.21. The Balaban J connectivity index is 2.70. The minimum Gasteiger partial charge on any atom is -0.445 e. The zero-order valence-corrected chi connectivity index (χ0v) is 11.1. The van der Waals surface area contributed by atoms with Crippen molar-refractivity contribution in [1.29, 1.82) is 0 Å². The maximum absolute atomic E-state index is 12.4. The van der Waals surface area contributed by atoms with Crippen LogP contribution in [0.25, 0.3) is 0 Å². The summed E-state index contributed by atoms with van der Waals surface area (Å²) < 4.78 is 37.3. The van der Waals surface area contributed by atoms with Crippen LogP contribution in [-0.4, -0.2) is 25.5 Å². The first-order valence-corrected chi connectivity index (χ1v) is 5.93. The van der Waals surface area contributed by atoms with Crippen LogP contribution in [0, 0.1) is 0 Å². The lowest BCUT2D eigenvalue weighted by Crippen LogP contribution is -2.31. The van der Waals surface area contributed by atoms with E-state index in [9.17, 15) is 12.9 Å².